The van der Waals surface area contributed by atoms with Crippen LogP contribution >= 0.6 is 0 Å². The summed E-state index contributed by atoms with van der Waals surface area (Å²) in [5.41, 5.74) is -11.7. The fourth-order valence-corrected chi connectivity index (χ4v) is 4.08. The highest BCUT2D eigenvalue weighted by Crippen LogP contribution is 2.55. The molecule has 0 radical (unpaired) electrons. The van der Waals surface area contributed by atoms with Gasteiger partial charge in [-0.3, -0.25) is 0 Å². The van der Waals surface area contributed by atoms with E-state index in [4.69, 9.17) is 4.79 Å². The molecule has 0 saturated heterocycles. The van der Waals surface area contributed by atoms with Crippen LogP contribution in [0.4, 0.5) is 66.3 Å². The van der Waals surface area contributed by atoms with E-state index >= 15 is 0 Å². The van der Waals surface area contributed by atoms with Crippen molar-refractivity contribution in [2.75, 3.05) is 0 Å². The summed E-state index contributed by atoms with van der Waals surface area (Å²) in [4.78, 5) is 82.7. The van der Waals surface area contributed by atoms with Gasteiger partial charge in [0, 0.05) is 0 Å². The van der Waals surface area contributed by atoms with Crippen molar-refractivity contribution in [2.24, 2.45) is 0 Å². The normalized spacial score (nSPS) is 12.3. The van der Waals surface area contributed by atoms with Crippen molar-refractivity contribution in [2.45, 2.75) is 90.0 Å². The maximum Gasteiger partial charge on any atom is 0.483 e. The van der Waals surface area contributed by atoms with Crippen molar-refractivity contribution in [3.05, 3.63) is 114 Å². The van der Waals surface area contributed by atoms with E-state index in [9.17, 15) is 90.2 Å². The molecule has 2 rings (SSSR count). The number of hydrogen-bond donors (Lipinski definition) is 0. The lowest BCUT2D eigenvalue weighted by molar-refractivity contribution is -0.497. The van der Waals surface area contributed by atoms with Crippen LogP contribution in [-0.2, 0) is 44.0 Å². The van der Waals surface area contributed by atoms with Crippen LogP contribution in [0.2, 0.25) is 0 Å². The predicted molar refractivity (Wildman–Crippen MR) is 171 cm³/mol. The molecular formula is C29H32F14N6O8. The lowest BCUT2D eigenvalue weighted by atomic mass is 10.0. The van der Waals surface area contributed by atoms with Gasteiger partial charge in [-0.25, -0.2) is 65.7 Å². The number of alkyl halides is 12. The van der Waals surface area contributed by atoms with Crippen molar-refractivity contribution in [3.8, 4) is 0 Å². The average Bonchev–Trinajstić information content (AvgIpc) is 3.04. The minimum Gasteiger partial charge on any atom is -0.247 e. The first-order valence-electron chi connectivity index (χ1n) is 14.0. The molecule has 2 aromatic rings. The van der Waals surface area contributed by atoms with Crippen LogP contribution in [0.1, 0.15) is 14.9 Å². The molecule has 28 heteroatoms. The molecule has 0 aromatic carbocycles. The lowest BCUT2D eigenvalue weighted by Gasteiger charge is -2.38. The number of halogens is 14. The van der Waals surface area contributed by atoms with Crippen LogP contribution in [0.25, 0.3) is 0 Å². The maximum absolute atomic E-state index is 14.8. The van der Waals surface area contributed by atoms with Crippen molar-refractivity contribution in [1.29, 1.82) is 0 Å². The molecular weight excluding hydrogens is 826 g/mol. The summed E-state index contributed by atoms with van der Waals surface area (Å²) in [6.45, 7) is 2.56. The highest BCUT2D eigenvalue weighted by Gasteiger charge is 2.83. The standard InChI is InChI=1S/C26H24F12N6O7.CF2O.2CH4/c1-5-9-39-15(45)40(10-6-2)18(48)43(17(39)47)13-21(27,28)23(31,32)24(33,34)26(37,38)51-25(35,36)22(29,30)14-44-19(49)41(11-7-3)16(46)42(12-8-4)20(44)50;2-1(3)4;;/h5-8H,1-4,9-14H2;;2*1H4. The molecule has 0 aliphatic heterocycles. The van der Waals surface area contributed by atoms with Gasteiger partial charge in [0.25, 0.3) is 0 Å². The topological polar surface area (TPSA) is 158 Å². The summed E-state index contributed by atoms with van der Waals surface area (Å²) in [7, 11) is 0. The molecule has 0 aliphatic carbocycles. The minimum atomic E-state index is -7.90. The van der Waals surface area contributed by atoms with Gasteiger partial charge >= 0.3 is 76.3 Å². The second-order valence-corrected chi connectivity index (χ2v) is 10.4. The monoisotopic (exact) mass is 858 g/mol. The molecule has 0 bridgehead atoms. The molecule has 0 saturated carbocycles. The SMILES string of the molecule is C.C.C=CCn1c(=O)n(CC=C)c(=O)n(CC(F)(F)C(F)(F)OC(F)(F)C(F)(F)C(F)(F)C(F)(F)Cn2c(=O)n(CC=C)c(=O)n(CC=C)c2=O)c1=O.O=C(F)F. The third-order valence-corrected chi connectivity index (χ3v) is 6.63. The molecule has 0 spiro atoms. The van der Waals surface area contributed by atoms with E-state index in [1.54, 1.807) is 0 Å². The van der Waals surface area contributed by atoms with E-state index < -0.39 is 125 Å². The van der Waals surface area contributed by atoms with Crippen molar-refractivity contribution in [3.63, 3.8) is 0 Å². The molecule has 57 heavy (non-hydrogen) atoms. The smallest absolute Gasteiger partial charge is 0.247 e. The molecule has 0 amide bonds. The average molecular weight is 859 g/mol. The summed E-state index contributed by atoms with van der Waals surface area (Å²) in [5.74, 6) is -28.7. The Bertz CT molecular complexity index is 2080. The van der Waals surface area contributed by atoms with Crippen LogP contribution < -0.4 is 34.1 Å². The maximum atomic E-state index is 14.8. The molecule has 0 atom stereocenters. The van der Waals surface area contributed by atoms with Gasteiger partial charge in [0.1, 0.15) is 13.1 Å². The van der Waals surface area contributed by atoms with E-state index in [-0.39, 0.29) is 33.1 Å². The van der Waals surface area contributed by atoms with E-state index in [2.05, 4.69) is 31.1 Å². The van der Waals surface area contributed by atoms with E-state index in [0.29, 0.717) is 0 Å². The zero-order valence-electron chi connectivity index (χ0n) is 27.1. The Labute approximate surface area is 308 Å². The fraction of sp³-hybridized carbons (Fsp3) is 0.483. The van der Waals surface area contributed by atoms with E-state index in [1.807, 2.05) is 0 Å². The van der Waals surface area contributed by atoms with Crippen LogP contribution in [0.3, 0.4) is 0 Å². The van der Waals surface area contributed by atoms with Crippen molar-refractivity contribution >= 4 is 6.29 Å². The van der Waals surface area contributed by atoms with Gasteiger partial charge in [-0.15, -0.1) is 35.1 Å². The number of ether oxygens (including phenoxy) is 1. The molecule has 324 valence electrons. The van der Waals surface area contributed by atoms with Crippen LogP contribution in [0, 0.1) is 0 Å². The molecule has 2 heterocycles. The van der Waals surface area contributed by atoms with Gasteiger partial charge in [0.05, 0.1) is 26.2 Å². The van der Waals surface area contributed by atoms with Crippen LogP contribution in [0.15, 0.2) is 79.4 Å². The van der Waals surface area contributed by atoms with Crippen molar-refractivity contribution in [1.82, 2.24) is 27.4 Å². The third kappa shape index (κ3) is 10.4. The Morgan fingerprint density at radius 1 is 0.456 bits per heavy atom. The number of rotatable bonds is 18. The zero-order chi connectivity index (χ0) is 43.3. The van der Waals surface area contributed by atoms with Gasteiger partial charge in [0.15, 0.2) is 0 Å². The molecule has 14 nitrogen and oxygen atoms in total. The number of carbonyl (C=O) groups excluding carboxylic acids is 1. The predicted octanol–water partition coefficient (Wildman–Crippen LogP) is 4.16. The van der Waals surface area contributed by atoms with Gasteiger partial charge < -0.3 is 0 Å². The van der Waals surface area contributed by atoms with E-state index in [0.717, 1.165) is 24.3 Å². The number of aromatic nitrogens is 6. The second-order valence-electron chi connectivity index (χ2n) is 10.4. The Morgan fingerprint density at radius 3 is 0.930 bits per heavy atom. The highest BCUT2D eigenvalue weighted by molar-refractivity contribution is 5.55. The first-order valence-corrected chi connectivity index (χ1v) is 14.0. The summed E-state index contributed by atoms with van der Waals surface area (Å²) < 4.78 is 194. The van der Waals surface area contributed by atoms with Crippen LogP contribution in [-0.4, -0.2) is 69.6 Å². The van der Waals surface area contributed by atoms with Gasteiger partial charge in [-0.1, -0.05) is 39.2 Å². The van der Waals surface area contributed by atoms with Crippen LogP contribution in [0.5, 0.6) is 0 Å². The molecule has 0 N–H and O–H groups in total. The molecule has 0 aliphatic rings. The highest BCUT2D eigenvalue weighted by atomic mass is 19.4. The Balaban J connectivity index is 0. The number of carbonyl (C=O) groups is 1. The number of nitrogens with zero attached hydrogens (tertiary/aromatic N) is 6. The number of allylic oxidation sites excluding steroid dienone is 4. The first kappa shape index (κ1) is 53.5. The Kier molecular flexibility index (Phi) is 17.9. The summed E-state index contributed by atoms with van der Waals surface area (Å²) in [5, 5.41) is 0. The molecule has 0 unspecified atom stereocenters. The summed E-state index contributed by atoms with van der Waals surface area (Å²) >= 11 is 0. The fourth-order valence-electron chi connectivity index (χ4n) is 4.08. The minimum absolute atomic E-state index is 0. The quantitative estimate of drug-likeness (QED) is 0.123. The van der Waals surface area contributed by atoms with Gasteiger partial charge in [-0.2, -0.15) is 52.7 Å². The zero-order valence-corrected chi connectivity index (χ0v) is 27.1. The summed E-state index contributed by atoms with van der Waals surface area (Å²) in [6.07, 6.45) is -14.6. The number of hydrogen-bond acceptors (Lipinski definition) is 8. The van der Waals surface area contributed by atoms with Crippen molar-refractivity contribution < 1.29 is 71.0 Å². The van der Waals surface area contributed by atoms with Gasteiger partial charge in [-0.05, 0) is 0 Å². The lowest BCUT2D eigenvalue weighted by Crippen LogP contribution is -2.67. The first-order chi connectivity index (χ1) is 24.9. The van der Waals surface area contributed by atoms with Gasteiger partial charge in [0.2, 0.25) is 0 Å². The molecule has 0 fully saturated rings. The Morgan fingerprint density at radius 2 is 0.684 bits per heavy atom. The van der Waals surface area contributed by atoms with E-state index in [1.165, 1.54) is 0 Å². The molecule has 2 aromatic heterocycles. The largest absolute Gasteiger partial charge is 0.483 e. The second kappa shape index (κ2) is 19.0. The Hall–Kier alpha value is -5.57. The third-order valence-electron chi connectivity index (χ3n) is 6.63. The summed E-state index contributed by atoms with van der Waals surface area (Å²) in [6, 6.07) is 0.